The molecule has 0 unspecified atom stereocenters. The van der Waals surface area contributed by atoms with E-state index >= 15 is 0 Å². The Morgan fingerprint density at radius 3 is 2.69 bits per heavy atom. The van der Waals surface area contributed by atoms with Gasteiger partial charge in [0.15, 0.2) is 0 Å². The normalized spacial score (nSPS) is 10.0. The molecule has 0 saturated heterocycles. The van der Waals surface area contributed by atoms with Gasteiger partial charge in [-0.1, -0.05) is 0 Å². The lowest BCUT2D eigenvalue weighted by atomic mass is 10.2. The first-order chi connectivity index (χ1) is 6.31. The fraction of sp³-hybridized carbons (Fsp3) is 0.889. The van der Waals surface area contributed by atoms with Gasteiger partial charge in [0.2, 0.25) is 0 Å². The maximum Gasteiger partial charge on any atom is 0.305 e. The first-order valence-electron chi connectivity index (χ1n) is 4.74. The van der Waals surface area contributed by atoms with Crippen LogP contribution in [0.1, 0.15) is 26.2 Å². The van der Waals surface area contributed by atoms with Crippen LogP contribution in [-0.4, -0.2) is 32.3 Å². The Labute approximate surface area is 79.4 Å². The van der Waals surface area contributed by atoms with Crippen molar-refractivity contribution in [2.75, 3.05) is 26.4 Å². The van der Waals surface area contributed by atoms with Gasteiger partial charge in [0, 0.05) is 13.0 Å². The molecule has 0 bridgehead atoms. The molecule has 0 saturated carbocycles. The Bertz CT molecular complexity index is 128. The van der Waals surface area contributed by atoms with Gasteiger partial charge >= 0.3 is 5.97 Å². The van der Waals surface area contributed by atoms with Crippen molar-refractivity contribution in [1.82, 2.24) is 0 Å². The lowest BCUT2D eigenvalue weighted by molar-refractivity contribution is -0.145. The number of carbonyl (C=O) groups excluding carboxylic acids is 1. The van der Waals surface area contributed by atoms with Crippen molar-refractivity contribution in [3.63, 3.8) is 0 Å². The molecule has 0 amide bonds. The van der Waals surface area contributed by atoms with Crippen LogP contribution in [0, 0.1) is 0 Å². The van der Waals surface area contributed by atoms with E-state index in [9.17, 15) is 4.79 Å². The lowest BCUT2D eigenvalue weighted by Crippen LogP contribution is -2.10. The third kappa shape index (κ3) is 9.30. The molecule has 78 valence electrons. The zero-order valence-corrected chi connectivity index (χ0v) is 8.25. The van der Waals surface area contributed by atoms with E-state index in [0.29, 0.717) is 32.8 Å². The second kappa shape index (κ2) is 9.48. The van der Waals surface area contributed by atoms with E-state index in [1.54, 1.807) is 0 Å². The van der Waals surface area contributed by atoms with Gasteiger partial charge in [-0.2, -0.15) is 0 Å². The molecule has 0 aliphatic carbocycles. The molecule has 0 atom stereocenters. The summed E-state index contributed by atoms with van der Waals surface area (Å²) in [7, 11) is 0. The summed E-state index contributed by atoms with van der Waals surface area (Å²) in [6, 6.07) is 0. The highest BCUT2D eigenvalue weighted by atomic mass is 16.6. The number of carbonyl (C=O) groups is 1. The summed E-state index contributed by atoms with van der Waals surface area (Å²) in [6.07, 6.45) is 2.15. The summed E-state index contributed by atoms with van der Waals surface area (Å²) in [4.78, 5) is 11.0. The summed E-state index contributed by atoms with van der Waals surface area (Å²) >= 11 is 0. The fourth-order valence-corrected chi connectivity index (χ4v) is 0.845. The molecular formula is C9H19NO3. The highest BCUT2D eigenvalue weighted by Crippen LogP contribution is 1.95. The molecular weight excluding hydrogens is 170 g/mol. The van der Waals surface area contributed by atoms with Gasteiger partial charge in [-0.15, -0.1) is 0 Å². The number of ether oxygens (including phenoxy) is 2. The van der Waals surface area contributed by atoms with E-state index in [0.717, 1.165) is 12.8 Å². The maximum atomic E-state index is 11.0. The number of rotatable bonds is 8. The molecule has 13 heavy (non-hydrogen) atoms. The topological polar surface area (TPSA) is 61.5 Å². The molecule has 2 N–H and O–H groups in total. The molecule has 4 nitrogen and oxygen atoms in total. The summed E-state index contributed by atoms with van der Waals surface area (Å²) < 4.78 is 9.90. The van der Waals surface area contributed by atoms with Crippen LogP contribution in [0.15, 0.2) is 0 Å². The molecule has 0 aromatic rings. The smallest absolute Gasteiger partial charge is 0.305 e. The van der Waals surface area contributed by atoms with Gasteiger partial charge in [0.1, 0.15) is 6.61 Å². The fourth-order valence-electron chi connectivity index (χ4n) is 0.845. The van der Waals surface area contributed by atoms with E-state index in [1.807, 2.05) is 6.92 Å². The minimum absolute atomic E-state index is 0.159. The monoisotopic (exact) mass is 189 g/mol. The predicted molar refractivity (Wildman–Crippen MR) is 50.4 cm³/mol. The molecule has 4 heteroatoms. The Hall–Kier alpha value is -0.610. The van der Waals surface area contributed by atoms with Crippen molar-refractivity contribution in [1.29, 1.82) is 0 Å². The average molecular weight is 189 g/mol. The first-order valence-corrected chi connectivity index (χ1v) is 4.74. The van der Waals surface area contributed by atoms with Gasteiger partial charge in [0.05, 0.1) is 6.61 Å². The van der Waals surface area contributed by atoms with Crippen LogP contribution >= 0.6 is 0 Å². The maximum absolute atomic E-state index is 11.0. The van der Waals surface area contributed by atoms with Crippen LogP contribution in [0.4, 0.5) is 0 Å². The molecule has 0 aliphatic rings. The second-order valence-electron chi connectivity index (χ2n) is 2.66. The molecule has 0 rings (SSSR count). The van der Waals surface area contributed by atoms with E-state index in [2.05, 4.69) is 0 Å². The highest BCUT2D eigenvalue weighted by Gasteiger charge is 2.00. The summed E-state index contributed by atoms with van der Waals surface area (Å²) in [5.41, 5.74) is 5.28. The van der Waals surface area contributed by atoms with Gasteiger partial charge < -0.3 is 15.2 Å². The third-order valence-corrected chi connectivity index (χ3v) is 1.53. The Morgan fingerprint density at radius 1 is 1.31 bits per heavy atom. The van der Waals surface area contributed by atoms with E-state index in [-0.39, 0.29) is 5.97 Å². The molecule has 0 heterocycles. The van der Waals surface area contributed by atoms with Crippen LogP contribution in [0.3, 0.4) is 0 Å². The number of esters is 1. The van der Waals surface area contributed by atoms with Gasteiger partial charge in [-0.05, 0) is 26.3 Å². The predicted octanol–water partition coefficient (Wildman–Crippen LogP) is 0.695. The number of nitrogens with two attached hydrogens (primary N) is 1. The number of hydrogen-bond donors (Lipinski definition) is 1. The lowest BCUT2D eigenvalue weighted by Gasteiger charge is -2.03. The Kier molecular flexibility index (Phi) is 9.03. The largest absolute Gasteiger partial charge is 0.463 e. The van der Waals surface area contributed by atoms with Crippen molar-refractivity contribution in [2.24, 2.45) is 5.73 Å². The van der Waals surface area contributed by atoms with Crippen molar-refractivity contribution >= 4 is 5.97 Å². The van der Waals surface area contributed by atoms with Gasteiger partial charge in [-0.3, -0.25) is 4.79 Å². The summed E-state index contributed by atoms with van der Waals surface area (Å²) in [5.74, 6) is -0.159. The SMILES string of the molecule is CCOCCOC(=O)CCCCN. The van der Waals surface area contributed by atoms with Crippen LogP contribution < -0.4 is 5.73 Å². The van der Waals surface area contributed by atoms with Crippen LogP contribution in [0.2, 0.25) is 0 Å². The quantitative estimate of drug-likeness (QED) is 0.451. The standard InChI is InChI=1S/C9H19NO3/c1-2-12-7-8-13-9(11)5-3-4-6-10/h2-8,10H2,1H3. The van der Waals surface area contributed by atoms with Crippen molar-refractivity contribution in [3.05, 3.63) is 0 Å². The molecule has 0 fully saturated rings. The van der Waals surface area contributed by atoms with Crippen LogP contribution in [0.25, 0.3) is 0 Å². The minimum Gasteiger partial charge on any atom is -0.463 e. The first kappa shape index (κ1) is 12.4. The molecule has 0 aromatic heterocycles. The zero-order chi connectivity index (χ0) is 9.94. The van der Waals surface area contributed by atoms with Crippen LogP contribution in [-0.2, 0) is 14.3 Å². The summed E-state index contributed by atoms with van der Waals surface area (Å²) in [5, 5.41) is 0. The van der Waals surface area contributed by atoms with Crippen LogP contribution in [0.5, 0.6) is 0 Å². The van der Waals surface area contributed by atoms with E-state index in [1.165, 1.54) is 0 Å². The number of hydrogen-bond acceptors (Lipinski definition) is 4. The van der Waals surface area contributed by atoms with Gasteiger partial charge in [-0.25, -0.2) is 0 Å². The van der Waals surface area contributed by atoms with Crippen molar-refractivity contribution < 1.29 is 14.3 Å². The van der Waals surface area contributed by atoms with E-state index < -0.39 is 0 Å². The Morgan fingerprint density at radius 2 is 2.08 bits per heavy atom. The highest BCUT2D eigenvalue weighted by molar-refractivity contribution is 5.69. The molecule has 0 spiro atoms. The van der Waals surface area contributed by atoms with Crippen molar-refractivity contribution in [3.8, 4) is 0 Å². The minimum atomic E-state index is -0.159. The average Bonchev–Trinajstić information content (AvgIpc) is 2.13. The zero-order valence-electron chi connectivity index (χ0n) is 8.25. The Balaban J connectivity index is 3.11. The number of unbranched alkanes of at least 4 members (excludes halogenated alkanes) is 1. The van der Waals surface area contributed by atoms with Crippen molar-refractivity contribution in [2.45, 2.75) is 26.2 Å². The molecule has 0 aliphatic heterocycles. The second-order valence-corrected chi connectivity index (χ2v) is 2.66. The third-order valence-electron chi connectivity index (χ3n) is 1.53. The summed E-state index contributed by atoms with van der Waals surface area (Å²) in [6.45, 7) is 4.04. The van der Waals surface area contributed by atoms with E-state index in [4.69, 9.17) is 15.2 Å². The molecule has 0 aromatic carbocycles. The molecule has 0 radical (unpaired) electrons. The van der Waals surface area contributed by atoms with Gasteiger partial charge in [0.25, 0.3) is 0 Å².